The zero-order valence-corrected chi connectivity index (χ0v) is 23.2. The molecule has 3 aromatic rings. The Morgan fingerprint density at radius 1 is 1.11 bits per heavy atom. The topological polar surface area (TPSA) is 84.9 Å². The number of nitrogens with one attached hydrogen (secondary N) is 1. The molecule has 0 atom stereocenters. The maximum Gasteiger partial charge on any atom is 0.293 e. The van der Waals surface area contributed by atoms with Gasteiger partial charge in [0.2, 0.25) is 0 Å². The van der Waals surface area contributed by atoms with E-state index in [1.807, 2.05) is 0 Å². The average Bonchev–Trinajstić information content (AvgIpc) is 3.11. The van der Waals surface area contributed by atoms with Gasteiger partial charge in [-0.3, -0.25) is 19.3 Å². The van der Waals surface area contributed by atoms with Crippen molar-refractivity contribution < 1.29 is 23.9 Å². The van der Waals surface area contributed by atoms with Gasteiger partial charge in [-0.1, -0.05) is 47.5 Å². The van der Waals surface area contributed by atoms with Gasteiger partial charge < -0.3 is 14.8 Å². The van der Waals surface area contributed by atoms with E-state index in [-0.39, 0.29) is 23.3 Å². The molecule has 1 heterocycles. The van der Waals surface area contributed by atoms with Crippen molar-refractivity contribution in [3.05, 3.63) is 91.2 Å². The number of anilines is 1. The summed E-state index contributed by atoms with van der Waals surface area (Å²) in [5.41, 5.74) is 1.83. The minimum Gasteiger partial charge on any atom is -0.493 e. The number of para-hydroxylation sites is 1. The lowest BCUT2D eigenvalue weighted by Gasteiger charge is -2.14. The summed E-state index contributed by atoms with van der Waals surface area (Å²) in [6.07, 6.45) is 1.60. The standard InChI is InChI=1S/C26H19BrCl2N2O5S/c1-35-21-11-16(10-18(27)24(21)36-14-23(32)30-20-8-3-2-7-19(20)29)12-22-25(33)31(26(34)37-22)13-15-5-4-6-17(28)9-15/h2-12H,13-14H2,1H3,(H,30,32)/b22-12-. The number of methoxy groups -OCH3 is 1. The highest BCUT2D eigenvalue weighted by molar-refractivity contribution is 9.10. The van der Waals surface area contributed by atoms with Crippen LogP contribution in [0.25, 0.3) is 6.08 Å². The summed E-state index contributed by atoms with van der Waals surface area (Å²) in [5.74, 6) is -0.159. The van der Waals surface area contributed by atoms with Crippen LogP contribution in [0.15, 0.2) is 70.0 Å². The first kappa shape index (κ1) is 27.1. The number of nitrogens with zero attached hydrogens (tertiary/aromatic N) is 1. The maximum absolute atomic E-state index is 12.9. The highest BCUT2D eigenvalue weighted by Gasteiger charge is 2.35. The number of thioether (sulfide) groups is 1. The molecule has 1 N–H and O–H groups in total. The minimum atomic E-state index is -0.403. The smallest absolute Gasteiger partial charge is 0.293 e. The molecule has 37 heavy (non-hydrogen) atoms. The van der Waals surface area contributed by atoms with Gasteiger partial charge in [-0.2, -0.15) is 0 Å². The lowest BCUT2D eigenvalue weighted by Crippen LogP contribution is -2.27. The molecule has 0 aliphatic carbocycles. The number of hydrogen-bond acceptors (Lipinski definition) is 6. The number of halogens is 3. The molecule has 7 nitrogen and oxygen atoms in total. The number of imide groups is 1. The second-order valence-electron chi connectivity index (χ2n) is 7.75. The van der Waals surface area contributed by atoms with Crippen molar-refractivity contribution >= 4 is 79.7 Å². The molecule has 1 aliphatic heterocycles. The SMILES string of the molecule is COc1cc(/C=C2\SC(=O)N(Cc3cccc(Cl)c3)C2=O)cc(Br)c1OCC(=O)Nc1ccccc1Cl. The molecular weight excluding hydrogens is 603 g/mol. The summed E-state index contributed by atoms with van der Waals surface area (Å²) in [7, 11) is 1.46. The fraction of sp³-hybridized carbons (Fsp3) is 0.115. The van der Waals surface area contributed by atoms with E-state index in [0.717, 1.165) is 17.3 Å². The second kappa shape index (κ2) is 12.0. The number of rotatable bonds is 8. The van der Waals surface area contributed by atoms with E-state index in [9.17, 15) is 14.4 Å². The Kier molecular flexibility index (Phi) is 8.81. The van der Waals surface area contributed by atoms with E-state index in [4.69, 9.17) is 32.7 Å². The van der Waals surface area contributed by atoms with Crippen LogP contribution >= 0.6 is 50.9 Å². The Bertz CT molecular complexity index is 1420. The highest BCUT2D eigenvalue weighted by Crippen LogP contribution is 2.39. The largest absolute Gasteiger partial charge is 0.493 e. The normalized spacial score (nSPS) is 14.3. The number of carbonyl (C=O) groups excluding carboxylic acids is 3. The zero-order valence-electron chi connectivity index (χ0n) is 19.3. The van der Waals surface area contributed by atoms with Gasteiger partial charge in [0.05, 0.1) is 33.7 Å². The molecule has 0 spiro atoms. The minimum absolute atomic E-state index is 0.124. The van der Waals surface area contributed by atoms with Gasteiger partial charge in [0, 0.05) is 5.02 Å². The number of carbonyl (C=O) groups is 3. The van der Waals surface area contributed by atoms with E-state index >= 15 is 0 Å². The summed E-state index contributed by atoms with van der Waals surface area (Å²) < 4.78 is 11.6. The number of hydrogen-bond donors (Lipinski definition) is 1. The predicted molar refractivity (Wildman–Crippen MR) is 149 cm³/mol. The summed E-state index contributed by atoms with van der Waals surface area (Å²) in [6.45, 7) is -0.166. The first-order chi connectivity index (χ1) is 17.7. The van der Waals surface area contributed by atoms with E-state index in [1.54, 1.807) is 66.7 Å². The second-order valence-corrected chi connectivity index (χ2v) is 10.4. The Morgan fingerprint density at radius 2 is 1.89 bits per heavy atom. The summed E-state index contributed by atoms with van der Waals surface area (Å²) in [4.78, 5) is 39.2. The predicted octanol–water partition coefficient (Wildman–Crippen LogP) is 7.02. The lowest BCUT2D eigenvalue weighted by atomic mass is 10.1. The molecule has 1 saturated heterocycles. The molecule has 4 rings (SSSR count). The third-order valence-corrected chi connectivity index (χ3v) is 7.21. The van der Waals surface area contributed by atoms with E-state index in [2.05, 4.69) is 21.2 Å². The number of ether oxygens (including phenoxy) is 2. The monoisotopic (exact) mass is 620 g/mol. The molecular formula is C26H19BrCl2N2O5S. The molecule has 0 unspecified atom stereocenters. The Labute approximate surface area is 235 Å². The third kappa shape index (κ3) is 6.67. The van der Waals surface area contributed by atoms with Crippen molar-refractivity contribution in [2.45, 2.75) is 6.54 Å². The molecule has 3 amide bonds. The van der Waals surface area contributed by atoms with E-state index in [0.29, 0.717) is 37.3 Å². The first-order valence-corrected chi connectivity index (χ1v) is 13.2. The van der Waals surface area contributed by atoms with Crippen molar-refractivity contribution in [3.8, 4) is 11.5 Å². The van der Waals surface area contributed by atoms with Gasteiger partial charge in [0.25, 0.3) is 17.1 Å². The van der Waals surface area contributed by atoms with Crippen LogP contribution in [0, 0.1) is 0 Å². The Morgan fingerprint density at radius 3 is 2.62 bits per heavy atom. The molecule has 0 saturated carbocycles. The molecule has 0 radical (unpaired) electrons. The first-order valence-electron chi connectivity index (χ1n) is 10.8. The maximum atomic E-state index is 12.9. The van der Waals surface area contributed by atoms with Crippen molar-refractivity contribution in [2.24, 2.45) is 0 Å². The van der Waals surface area contributed by atoms with Crippen molar-refractivity contribution in [1.29, 1.82) is 0 Å². The fourth-order valence-electron chi connectivity index (χ4n) is 3.46. The zero-order chi connectivity index (χ0) is 26.5. The van der Waals surface area contributed by atoms with E-state index in [1.165, 1.54) is 12.0 Å². The van der Waals surface area contributed by atoms with Crippen LogP contribution in [0.2, 0.25) is 10.0 Å². The quantitative estimate of drug-likeness (QED) is 0.272. The van der Waals surface area contributed by atoms with Gasteiger partial charge in [-0.05, 0) is 81.3 Å². The van der Waals surface area contributed by atoms with E-state index < -0.39 is 11.8 Å². The van der Waals surface area contributed by atoms with Crippen molar-refractivity contribution in [2.75, 3.05) is 19.0 Å². The van der Waals surface area contributed by atoms with Gasteiger partial charge in [0.15, 0.2) is 18.1 Å². The molecule has 0 bridgehead atoms. The molecule has 1 aliphatic rings. The molecule has 3 aromatic carbocycles. The van der Waals surface area contributed by atoms with Crippen LogP contribution in [-0.2, 0) is 16.1 Å². The molecule has 190 valence electrons. The molecule has 0 aromatic heterocycles. The van der Waals surface area contributed by atoms with Crippen molar-refractivity contribution in [1.82, 2.24) is 4.90 Å². The summed E-state index contributed by atoms with van der Waals surface area (Å²) in [5, 5.41) is 3.26. The lowest BCUT2D eigenvalue weighted by molar-refractivity contribution is -0.123. The number of benzene rings is 3. The van der Waals surface area contributed by atoms with Crippen LogP contribution < -0.4 is 14.8 Å². The summed E-state index contributed by atoms with van der Waals surface area (Å²) >= 11 is 16.4. The van der Waals surface area contributed by atoms with Crippen LogP contribution in [0.5, 0.6) is 11.5 Å². The van der Waals surface area contributed by atoms with Crippen LogP contribution in [0.1, 0.15) is 11.1 Å². The summed E-state index contributed by atoms with van der Waals surface area (Å²) in [6, 6.07) is 17.2. The Balaban J connectivity index is 1.47. The van der Waals surface area contributed by atoms with Gasteiger partial charge in [-0.15, -0.1) is 0 Å². The number of amides is 3. The molecule has 11 heteroatoms. The average molecular weight is 622 g/mol. The van der Waals surface area contributed by atoms with Crippen LogP contribution in [-0.4, -0.2) is 35.7 Å². The van der Waals surface area contributed by atoms with Crippen LogP contribution in [0.3, 0.4) is 0 Å². The van der Waals surface area contributed by atoms with Gasteiger partial charge >= 0.3 is 0 Å². The third-order valence-electron chi connectivity index (χ3n) is 5.15. The van der Waals surface area contributed by atoms with Gasteiger partial charge in [0.1, 0.15) is 0 Å². The van der Waals surface area contributed by atoms with Gasteiger partial charge in [-0.25, -0.2) is 0 Å². The molecule has 1 fully saturated rings. The van der Waals surface area contributed by atoms with Crippen LogP contribution in [0.4, 0.5) is 10.5 Å². The van der Waals surface area contributed by atoms with Crippen molar-refractivity contribution in [3.63, 3.8) is 0 Å². The Hall–Kier alpha value is -2.98. The fourth-order valence-corrected chi connectivity index (χ4v) is 5.26. The highest BCUT2D eigenvalue weighted by atomic mass is 79.9.